The second-order valence-electron chi connectivity index (χ2n) is 8.03. The zero-order valence-corrected chi connectivity index (χ0v) is 17.8. The molecule has 8 heteroatoms. The van der Waals surface area contributed by atoms with Gasteiger partial charge in [-0.2, -0.15) is 10.2 Å². The average Bonchev–Trinajstić information content (AvgIpc) is 3.35. The van der Waals surface area contributed by atoms with Gasteiger partial charge in [0.2, 0.25) is 5.43 Å². The fourth-order valence-electron chi connectivity index (χ4n) is 4.19. The van der Waals surface area contributed by atoms with Crippen molar-refractivity contribution in [3.05, 3.63) is 101 Å². The summed E-state index contributed by atoms with van der Waals surface area (Å²) in [6.45, 7) is 1.09. The highest BCUT2D eigenvalue weighted by atomic mass is 19.1. The first-order valence-corrected chi connectivity index (χ1v) is 10.8. The molecule has 4 aromatic rings. The molecule has 7 nitrogen and oxygen atoms in total. The van der Waals surface area contributed by atoms with Crippen LogP contribution in [-0.4, -0.2) is 43.5 Å². The van der Waals surface area contributed by atoms with Crippen LogP contribution in [0.5, 0.6) is 0 Å². The number of nitrogens with zero attached hydrogens (tertiary/aromatic N) is 5. The molecule has 3 heterocycles. The number of rotatable bonds is 4. The predicted octanol–water partition coefficient (Wildman–Crippen LogP) is 3.71. The maximum absolute atomic E-state index is 13.2. The van der Waals surface area contributed by atoms with Gasteiger partial charge in [-0.3, -0.25) is 14.3 Å². The van der Waals surface area contributed by atoms with E-state index in [1.54, 1.807) is 32.7 Å². The van der Waals surface area contributed by atoms with Gasteiger partial charge >= 0.3 is 0 Å². The molecule has 33 heavy (non-hydrogen) atoms. The number of halogens is 1. The quantitative estimate of drug-likeness (QED) is 0.482. The molecule has 0 bridgehead atoms. The van der Waals surface area contributed by atoms with E-state index in [2.05, 4.69) is 10.2 Å². The van der Waals surface area contributed by atoms with E-state index in [4.69, 9.17) is 0 Å². The number of hydrogen-bond donors (Lipinski definition) is 0. The van der Waals surface area contributed by atoms with Crippen LogP contribution in [0.1, 0.15) is 29.2 Å². The lowest BCUT2D eigenvalue weighted by molar-refractivity contribution is 0.0672. The SMILES string of the molecule is O=C(c1ccc(F)cc1)N1CCCC(n2ccc(=O)c(-c3ccnn3-c3ccccc3)n2)C1. The van der Waals surface area contributed by atoms with Gasteiger partial charge in [0.05, 0.1) is 23.6 Å². The number of likely N-dealkylation sites (tertiary alicyclic amines) is 1. The van der Waals surface area contributed by atoms with Gasteiger partial charge in [-0.25, -0.2) is 9.07 Å². The molecule has 1 amide bonds. The minimum absolute atomic E-state index is 0.0735. The Bertz CT molecular complexity index is 1330. The van der Waals surface area contributed by atoms with Gasteiger partial charge < -0.3 is 4.90 Å². The van der Waals surface area contributed by atoms with E-state index in [0.29, 0.717) is 30.0 Å². The number of piperidine rings is 1. The van der Waals surface area contributed by atoms with Gasteiger partial charge in [-0.1, -0.05) is 18.2 Å². The van der Waals surface area contributed by atoms with Crippen LogP contribution in [-0.2, 0) is 0 Å². The summed E-state index contributed by atoms with van der Waals surface area (Å²) in [5.74, 6) is -0.508. The van der Waals surface area contributed by atoms with Crippen LogP contribution >= 0.6 is 0 Å². The molecule has 1 fully saturated rings. The Balaban J connectivity index is 1.43. The van der Waals surface area contributed by atoms with E-state index in [1.165, 1.54) is 30.3 Å². The smallest absolute Gasteiger partial charge is 0.253 e. The van der Waals surface area contributed by atoms with E-state index in [0.717, 1.165) is 18.5 Å². The summed E-state index contributed by atoms with van der Waals surface area (Å²) in [7, 11) is 0. The Kier molecular flexibility index (Phi) is 5.56. The van der Waals surface area contributed by atoms with Crippen molar-refractivity contribution in [1.29, 1.82) is 0 Å². The summed E-state index contributed by atoms with van der Waals surface area (Å²) in [5.41, 5.74) is 2.01. The van der Waals surface area contributed by atoms with Crippen LogP contribution in [0.25, 0.3) is 17.1 Å². The molecule has 0 radical (unpaired) electrons. The van der Waals surface area contributed by atoms with Gasteiger partial charge in [0.1, 0.15) is 5.82 Å². The second kappa shape index (κ2) is 8.82. The molecule has 1 aliphatic heterocycles. The number of carbonyl (C=O) groups excluding carboxylic acids is 1. The highest BCUT2D eigenvalue weighted by Crippen LogP contribution is 2.24. The lowest BCUT2D eigenvalue weighted by Gasteiger charge is -2.33. The van der Waals surface area contributed by atoms with Crippen LogP contribution in [0.15, 0.2) is 83.9 Å². The minimum atomic E-state index is -0.372. The molecular formula is C25H22FN5O2. The number of carbonyl (C=O) groups is 1. The highest BCUT2D eigenvalue weighted by Gasteiger charge is 2.26. The summed E-state index contributed by atoms with van der Waals surface area (Å²) in [5, 5.41) is 9.03. The van der Waals surface area contributed by atoms with Crippen molar-refractivity contribution >= 4 is 5.91 Å². The number of amides is 1. The molecule has 2 aromatic carbocycles. The fourth-order valence-corrected chi connectivity index (χ4v) is 4.19. The first kappa shape index (κ1) is 20.8. The van der Waals surface area contributed by atoms with E-state index in [1.807, 2.05) is 30.3 Å². The third-order valence-electron chi connectivity index (χ3n) is 5.86. The van der Waals surface area contributed by atoms with Gasteiger partial charge in [-0.05, 0) is 55.3 Å². The fraction of sp³-hybridized carbons (Fsp3) is 0.200. The molecule has 1 atom stereocenters. The van der Waals surface area contributed by atoms with Crippen molar-refractivity contribution in [1.82, 2.24) is 24.5 Å². The Labute approximate surface area is 189 Å². The monoisotopic (exact) mass is 443 g/mol. The van der Waals surface area contributed by atoms with Crippen LogP contribution < -0.4 is 5.43 Å². The molecule has 1 unspecified atom stereocenters. The van der Waals surface area contributed by atoms with E-state index in [-0.39, 0.29) is 23.2 Å². The van der Waals surface area contributed by atoms with E-state index in [9.17, 15) is 14.0 Å². The zero-order chi connectivity index (χ0) is 22.8. The summed E-state index contributed by atoms with van der Waals surface area (Å²) in [6, 6.07) is 18.4. The Morgan fingerprint density at radius 2 is 1.79 bits per heavy atom. The Morgan fingerprint density at radius 1 is 1.00 bits per heavy atom. The van der Waals surface area contributed by atoms with Crippen molar-refractivity contribution in [2.75, 3.05) is 13.1 Å². The lowest BCUT2D eigenvalue weighted by atomic mass is 10.0. The molecule has 5 rings (SSSR count). The highest BCUT2D eigenvalue weighted by molar-refractivity contribution is 5.94. The first-order valence-electron chi connectivity index (χ1n) is 10.8. The summed E-state index contributed by atoms with van der Waals surface area (Å²) < 4.78 is 16.7. The summed E-state index contributed by atoms with van der Waals surface area (Å²) >= 11 is 0. The minimum Gasteiger partial charge on any atom is -0.337 e. The molecule has 0 saturated carbocycles. The zero-order valence-electron chi connectivity index (χ0n) is 17.8. The maximum atomic E-state index is 13.2. The van der Waals surface area contributed by atoms with Gasteiger partial charge in [0.15, 0.2) is 5.69 Å². The van der Waals surface area contributed by atoms with Crippen molar-refractivity contribution in [3.8, 4) is 17.1 Å². The third-order valence-corrected chi connectivity index (χ3v) is 5.86. The number of hydrogen-bond acceptors (Lipinski definition) is 4. The molecule has 2 aromatic heterocycles. The van der Waals surface area contributed by atoms with Crippen molar-refractivity contribution < 1.29 is 9.18 Å². The van der Waals surface area contributed by atoms with Crippen molar-refractivity contribution in [2.45, 2.75) is 18.9 Å². The third kappa shape index (κ3) is 4.19. The van der Waals surface area contributed by atoms with Gasteiger partial charge in [0, 0.05) is 30.9 Å². The molecule has 0 N–H and O–H groups in total. The van der Waals surface area contributed by atoms with Crippen molar-refractivity contribution in [3.63, 3.8) is 0 Å². The predicted molar refractivity (Wildman–Crippen MR) is 122 cm³/mol. The number of para-hydroxylation sites is 1. The normalized spacial score (nSPS) is 16.0. The van der Waals surface area contributed by atoms with Crippen LogP contribution in [0.4, 0.5) is 4.39 Å². The Morgan fingerprint density at radius 3 is 2.58 bits per heavy atom. The average molecular weight is 443 g/mol. The van der Waals surface area contributed by atoms with Crippen LogP contribution in [0.2, 0.25) is 0 Å². The molecule has 166 valence electrons. The standard InChI is InChI=1S/C25H22FN5O2/c26-19-10-8-18(9-11-19)25(33)29-15-4-7-21(17-29)30-16-13-23(32)24(28-30)22-12-14-27-31(22)20-5-2-1-3-6-20/h1-3,5-6,8-14,16,21H,4,7,15,17H2. The second-order valence-corrected chi connectivity index (χ2v) is 8.03. The number of aromatic nitrogens is 4. The summed E-state index contributed by atoms with van der Waals surface area (Å²) in [6.07, 6.45) is 4.96. The molecule has 1 aliphatic rings. The van der Waals surface area contributed by atoms with Gasteiger partial charge in [-0.15, -0.1) is 0 Å². The van der Waals surface area contributed by atoms with Gasteiger partial charge in [0.25, 0.3) is 5.91 Å². The van der Waals surface area contributed by atoms with Crippen LogP contribution in [0, 0.1) is 5.82 Å². The molecular weight excluding hydrogens is 421 g/mol. The molecule has 1 saturated heterocycles. The number of benzene rings is 2. The van der Waals surface area contributed by atoms with E-state index >= 15 is 0 Å². The largest absolute Gasteiger partial charge is 0.337 e. The molecule has 0 aliphatic carbocycles. The van der Waals surface area contributed by atoms with Crippen LogP contribution in [0.3, 0.4) is 0 Å². The summed E-state index contributed by atoms with van der Waals surface area (Å²) in [4.78, 5) is 27.4. The maximum Gasteiger partial charge on any atom is 0.253 e. The Hall–Kier alpha value is -4.07. The lowest BCUT2D eigenvalue weighted by Crippen LogP contribution is -2.41. The first-order chi connectivity index (χ1) is 16.1. The van der Waals surface area contributed by atoms with Crippen molar-refractivity contribution in [2.24, 2.45) is 0 Å². The topological polar surface area (TPSA) is 73.0 Å². The van der Waals surface area contributed by atoms with E-state index < -0.39 is 0 Å². The molecule has 0 spiro atoms.